The highest BCUT2D eigenvalue weighted by Crippen LogP contribution is 2.33. The van der Waals surface area contributed by atoms with Crippen LogP contribution in [-0.4, -0.2) is 55.9 Å². The van der Waals surface area contributed by atoms with Gasteiger partial charge in [-0.25, -0.2) is 8.78 Å². The molecule has 2 bridgehead atoms. The zero-order chi connectivity index (χ0) is 16.8. The van der Waals surface area contributed by atoms with Gasteiger partial charge in [-0.2, -0.15) is 4.52 Å². The molecule has 6 nitrogen and oxygen atoms in total. The third-order valence-electron chi connectivity index (χ3n) is 5.23. The number of halogens is 2. The van der Waals surface area contributed by atoms with Gasteiger partial charge in [0.1, 0.15) is 5.82 Å². The largest absolute Gasteiger partial charge is 0.354 e. The van der Waals surface area contributed by atoms with E-state index in [2.05, 4.69) is 38.9 Å². The molecule has 2 aliphatic rings. The van der Waals surface area contributed by atoms with Crippen LogP contribution in [0.15, 0.2) is 12.1 Å². The molecule has 0 N–H and O–H groups in total. The molecule has 8 heteroatoms. The molecule has 2 aliphatic heterocycles. The van der Waals surface area contributed by atoms with Crippen molar-refractivity contribution in [1.82, 2.24) is 24.7 Å². The second-order valence-corrected chi connectivity index (χ2v) is 6.98. The normalized spacial score (nSPS) is 25.2. The van der Waals surface area contributed by atoms with Crippen LogP contribution in [0, 0.1) is 0 Å². The monoisotopic (exact) mass is 336 g/mol. The third kappa shape index (κ3) is 2.53. The molecule has 0 radical (unpaired) electrons. The van der Waals surface area contributed by atoms with E-state index in [4.69, 9.17) is 0 Å². The predicted octanol–water partition coefficient (Wildman–Crippen LogP) is 2.51. The van der Waals surface area contributed by atoms with Gasteiger partial charge in [-0.15, -0.1) is 15.3 Å². The highest BCUT2D eigenvalue weighted by Gasteiger charge is 2.38. The van der Waals surface area contributed by atoms with Gasteiger partial charge in [0.2, 0.25) is 5.82 Å². The number of hydrogen-bond donors (Lipinski definition) is 0. The van der Waals surface area contributed by atoms with E-state index >= 15 is 0 Å². The Morgan fingerprint density at radius 1 is 1.08 bits per heavy atom. The van der Waals surface area contributed by atoms with E-state index in [9.17, 15) is 8.78 Å². The lowest BCUT2D eigenvalue weighted by atomic mass is 10.1. The van der Waals surface area contributed by atoms with Gasteiger partial charge in [-0.3, -0.25) is 4.90 Å². The number of aromatic nitrogens is 4. The van der Waals surface area contributed by atoms with Crippen molar-refractivity contribution in [2.24, 2.45) is 0 Å². The first-order valence-electron chi connectivity index (χ1n) is 8.57. The molecule has 24 heavy (non-hydrogen) atoms. The number of rotatable bonds is 3. The highest BCUT2D eigenvalue weighted by atomic mass is 19.3. The Labute approximate surface area is 139 Å². The smallest absolute Gasteiger partial charge is 0.299 e. The Hall–Kier alpha value is -1.83. The molecule has 0 aromatic carbocycles. The Kier molecular flexibility index (Phi) is 3.86. The fourth-order valence-corrected chi connectivity index (χ4v) is 4.26. The summed E-state index contributed by atoms with van der Waals surface area (Å²) in [6, 6.07) is 5.23. The summed E-state index contributed by atoms with van der Waals surface area (Å²) in [5, 5.41) is 11.7. The maximum atomic E-state index is 13.0. The second-order valence-electron chi connectivity index (χ2n) is 6.98. The summed E-state index contributed by atoms with van der Waals surface area (Å²) in [5.41, 5.74) is 0.356. The van der Waals surface area contributed by atoms with E-state index in [1.807, 2.05) is 6.07 Å². The molecule has 130 valence electrons. The van der Waals surface area contributed by atoms with Crippen LogP contribution in [0.5, 0.6) is 0 Å². The average molecular weight is 336 g/mol. The van der Waals surface area contributed by atoms with Gasteiger partial charge in [0.15, 0.2) is 5.65 Å². The summed E-state index contributed by atoms with van der Waals surface area (Å²) in [6.07, 6.45) is 0.846. The molecule has 2 atom stereocenters. The van der Waals surface area contributed by atoms with Crippen molar-refractivity contribution in [2.75, 3.05) is 18.0 Å². The fourth-order valence-electron chi connectivity index (χ4n) is 4.26. The minimum absolute atomic E-state index is 0.356. The van der Waals surface area contributed by atoms with Crippen LogP contribution < -0.4 is 4.90 Å². The maximum Gasteiger partial charge on any atom is 0.299 e. The van der Waals surface area contributed by atoms with Gasteiger partial charge in [-0.05, 0) is 45.2 Å². The Morgan fingerprint density at radius 3 is 2.62 bits per heavy atom. The molecule has 2 aromatic rings. The summed E-state index contributed by atoms with van der Waals surface area (Å²) in [6.45, 7) is 6.28. The molecule has 4 heterocycles. The van der Waals surface area contributed by atoms with E-state index < -0.39 is 12.2 Å². The minimum Gasteiger partial charge on any atom is -0.354 e. The Bertz CT molecular complexity index is 730. The van der Waals surface area contributed by atoms with Crippen molar-refractivity contribution in [1.29, 1.82) is 0 Å². The standard InChI is InChI=1S/C16H22F2N6/c1-10(2)23-11-3-4-12(23)9-22(8-7-11)14-6-5-13-19-20-16(15(17)18)24(13)21-14/h5-6,10-12,15H,3-4,7-9H2,1-2H3. The molecule has 0 saturated carbocycles. The molecular formula is C16H22F2N6. The van der Waals surface area contributed by atoms with Crippen LogP contribution >= 0.6 is 0 Å². The topological polar surface area (TPSA) is 49.6 Å². The summed E-state index contributed by atoms with van der Waals surface area (Å²) in [7, 11) is 0. The van der Waals surface area contributed by atoms with Crippen molar-refractivity contribution in [3.63, 3.8) is 0 Å². The van der Waals surface area contributed by atoms with Gasteiger partial charge in [0, 0.05) is 31.2 Å². The lowest BCUT2D eigenvalue weighted by molar-refractivity contribution is 0.137. The van der Waals surface area contributed by atoms with E-state index in [0.29, 0.717) is 23.8 Å². The Morgan fingerprint density at radius 2 is 1.88 bits per heavy atom. The molecule has 2 saturated heterocycles. The first-order chi connectivity index (χ1) is 11.5. The van der Waals surface area contributed by atoms with E-state index in [1.165, 1.54) is 17.4 Å². The van der Waals surface area contributed by atoms with Gasteiger partial charge in [0.05, 0.1) is 0 Å². The average Bonchev–Trinajstić information content (AvgIpc) is 3.07. The first-order valence-corrected chi connectivity index (χ1v) is 8.57. The zero-order valence-electron chi connectivity index (χ0n) is 13.9. The van der Waals surface area contributed by atoms with Crippen LogP contribution in [0.1, 0.15) is 45.4 Å². The number of anilines is 1. The van der Waals surface area contributed by atoms with Crippen molar-refractivity contribution in [3.8, 4) is 0 Å². The maximum absolute atomic E-state index is 13.0. The van der Waals surface area contributed by atoms with Gasteiger partial charge < -0.3 is 4.90 Å². The lowest BCUT2D eigenvalue weighted by Crippen LogP contribution is -2.43. The number of nitrogens with zero attached hydrogens (tertiary/aromatic N) is 6. The quantitative estimate of drug-likeness (QED) is 0.862. The van der Waals surface area contributed by atoms with Gasteiger partial charge >= 0.3 is 0 Å². The predicted molar refractivity (Wildman–Crippen MR) is 86.4 cm³/mol. The number of fused-ring (bicyclic) bond motifs is 3. The fraction of sp³-hybridized carbons (Fsp3) is 0.688. The van der Waals surface area contributed by atoms with Crippen LogP contribution in [-0.2, 0) is 0 Å². The zero-order valence-corrected chi connectivity index (χ0v) is 13.9. The van der Waals surface area contributed by atoms with Crippen LogP contribution in [0.4, 0.5) is 14.6 Å². The van der Waals surface area contributed by atoms with Gasteiger partial charge in [-0.1, -0.05) is 0 Å². The molecule has 2 unspecified atom stereocenters. The molecule has 0 amide bonds. The van der Waals surface area contributed by atoms with Crippen molar-refractivity contribution in [2.45, 2.75) is 57.7 Å². The lowest BCUT2D eigenvalue weighted by Gasteiger charge is -2.32. The molecule has 0 spiro atoms. The molecule has 2 aromatic heterocycles. The summed E-state index contributed by atoms with van der Waals surface area (Å²) >= 11 is 0. The van der Waals surface area contributed by atoms with Crippen molar-refractivity contribution in [3.05, 3.63) is 18.0 Å². The highest BCUT2D eigenvalue weighted by molar-refractivity contribution is 5.46. The minimum atomic E-state index is -2.68. The summed E-state index contributed by atoms with van der Waals surface area (Å²) < 4.78 is 27.3. The van der Waals surface area contributed by atoms with E-state index in [0.717, 1.165) is 25.3 Å². The SMILES string of the molecule is CC(C)N1C2CCC1CN(c1ccc3nnc(C(F)F)n3n1)CC2. The Balaban J connectivity index is 1.64. The summed E-state index contributed by atoms with van der Waals surface area (Å²) in [5.74, 6) is 0.326. The molecule has 0 aliphatic carbocycles. The molecule has 4 rings (SSSR count). The van der Waals surface area contributed by atoms with Crippen LogP contribution in [0.25, 0.3) is 5.65 Å². The van der Waals surface area contributed by atoms with E-state index in [1.54, 1.807) is 6.07 Å². The summed E-state index contributed by atoms with van der Waals surface area (Å²) in [4.78, 5) is 4.83. The van der Waals surface area contributed by atoms with Crippen LogP contribution in [0.2, 0.25) is 0 Å². The molecule has 2 fully saturated rings. The van der Waals surface area contributed by atoms with Gasteiger partial charge in [0.25, 0.3) is 6.43 Å². The number of hydrogen-bond acceptors (Lipinski definition) is 5. The number of alkyl halides is 2. The third-order valence-corrected chi connectivity index (χ3v) is 5.23. The first kappa shape index (κ1) is 15.7. The van der Waals surface area contributed by atoms with Crippen LogP contribution in [0.3, 0.4) is 0 Å². The van der Waals surface area contributed by atoms with Crippen molar-refractivity contribution < 1.29 is 8.78 Å². The molecular weight excluding hydrogens is 314 g/mol. The van der Waals surface area contributed by atoms with E-state index in [-0.39, 0.29) is 0 Å². The van der Waals surface area contributed by atoms with Crippen molar-refractivity contribution >= 4 is 11.5 Å². The second kappa shape index (κ2) is 5.91.